The van der Waals surface area contributed by atoms with Gasteiger partial charge in [0.15, 0.2) is 11.5 Å². The van der Waals surface area contributed by atoms with Crippen LogP contribution in [0, 0.1) is 6.92 Å². The van der Waals surface area contributed by atoms with E-state index in [9.17, 15) is 15.0 Å². The highest BCUT2D eigenvalue weighted by molar-refractivity contribution is 9.10. The molecule has 0 aliphatic heterocycles. The molecule has 0 saturated carbocycles. The second kappa shape index (κ2) is 4.46. The number of halogens is 1. The predicted octanol–water partition coefficient (Wildman–Crippen LogP) is 2.30. The van der Waals surface area contributed by atoms with Gasteiger partial charge in [-0.15, -0.1) is 0 Å². The molecule has 0 fully saturated rings. The van der Waals surface area contributed by atoms with Gasteiger partial charge in [-0.2, -0.15) is 0 Å². The summed E-state index contributed by atoms with van der Waals surface area (Å²) >= 11 is 3.19. The quantitative estimate of drug-likeness (QED) is 0.646. The molecule has 4 heteroatoms. The molecule has 3 nitrogen and oxygen atoms in total. The van der Waals surface area contributed by atoms with E-state index < -0.39 is 0 Å². The van der Waals surface area contributed by atoms with Crippen molar-refractivity contribution in [3.05, 3.63) is 21.7 Å². The summed E-state index contributed by atoms with van der Waals surface area (Å²) in [5.41, 5.74) is 1.71. The van der Waals surface area contributed by atoms with E-state index in [1.807, 2.05) is 6.92 Å². The number of hydrogen-bond donors (Lipinski definition) is 2. The molecule has 0 saturated heterocycles. The summed E-state index contributed by atoms with van der Waals surface area (Å²) in [6.07, 6.45) is 1.79. The molecule has 1 aromatic rings. The van der Waals surface area contributed by atoms with Gasteiger partial charge >= 0.3 is 0 Å². The number of aromatic hydroxyl groups is 2. The molecule has 76 valence electrons. The molecule has 1 aromatic carbocycles. The highest BCUT2D eigenvalue weighted by atomic mass is 79.9. The Hall–Kier alpha value is -1.03. The van der Waals surface area contributed by atoms with Crippen molar-refractivity contribution in [2.75, 3.05) is 0 Å². The Morgan fingerprint density at radius 3 is 2.71 bits per heavy atom. The van der Waals surface area contributed by atoms with Crippen LogP contribution < -0.4 is 0 Å². The summed E-state index contributed by atoms with van der Waals surface area (Å²) in [7, 11) is 0. The van der Waals surface area contributed by atoms with E-state index >= 15 is 0 Å². The summed E-state index contributed by atoms with van der Waals surface area (Å²) in [4.78, 5) is 10.2. The van der Waals surface area contributed by atoms with Gasteiger partial charge in [-0.3, -0.25) is 0 Å². The first kappa shape index (κ1) is 11.0. The fourth-order valence-corrected chi connectivity index (χ4v) is 2.01. The molecule has 1 rings (SSSR count). The van der Waals surface area contributed by atoms with Crippen molar-refractivity contribution in [2.24, 2.45) is 0 Å². The van der Waals surface area contributed by atoms with Crippen LogP contribution in [0.3, 0.4) is 0 Å². The van der Waals surface area contributed by atoms with Gasteiger partial charge in [0, 0.05) is 6.42 Å². The van der Waals surface area contributed by atoms with Gasteiger partial charge in [-0.25, -0.2) is 0 Å². The number of carbonyl (C=O) groups is 1. The Morgan fingerprint density at radius 1 is 1.50 bits per heavy atom. The average Bonchev–Trinajstić information content (AvgIpc) is 2.14. The average molecular weight is 259 g/mol. The van der Waals surface area contributed by atoms with Crippen molar-refractivity contribution in [1.82, 2.24) is 0 Å². The Labute approximate surface area is 90.5 Å². The number of phenols is 2. The maximum absolute atomic E-state index is 10.2. The van der Waals surface area contributed by atoms with Crippen LogP contribution in [0.5, 0.6) is 11.5 Å². The number of aldehydes is 1. The number of hydrogen-bond acceptors (Lipinski definition) is 3. The number of phenolic OH excluding ortho intramolecular Hbond substituents is 2. The molecule has 0 aliphatic rings. The smallest absolute Gasteiger partial charge is 0.172 e. The molecule has 2 N–H and O–H groups in total. The zero-order chi connectivity index (χ0) is 10.7. The van der Waals surface area contributed by atoms with Gasteiger partial charge in [0.2, 0.25) is 0 Å². The monoisotopic (exact) mass is 258 g/mol. The zero-order valence-corrected chi connectivity index (χ0v) is 9.34. The molecule has 0 spiro atoms. The van der Waals surface area contributed by atoms with Gasteiger partial charge in [0.05, 0.1) is 4.47 Å². The lowest BCUT2D eigenvalue weighted by atomic mass is 10.0. The van der Waals surface area contributed by atoms with Crippen LogP contribution in [0.2, 0.25) is 0 Å². The van der Waals surface area contributed by atoms with Crippen molar-refractivity contribution in [3.8, 4) is 11.5 Å². The van der Waals surface area contributed by atoms with Crippen molar-refractivity contribution < 1.29 is 15.0 Å². The van der Waals surface area contributed by atoms with Crippen molar-refractivity contribution in [2.45, 2.75) is 19.8 Å². The van der Waals surface area contributed by atoms with Gasteiger partial charge in [-0.05, 0) is 46.5 Å². The number of aryl methyl sites for hydroxylation is 1. The maximum atomic E-state index is 10.2. The lowest BCUT2D eigenvalue weighted by molar-refractivity contribution is -0.107. The molecule has 0 aromatic heterocycles. The van der Waals surface area contributed by atoms with Crippen LogP contribution in [0.1, 0.15) is 17.5 Å². The molecular weight excluding hydrogens is 248 g/mol. The van der Waals surface area contributed by atoms with E-state index in [2.05, 4.69) is 15.9 Å². The molecule has 0 radical (unpaired) electrons. The third-order valence-electron chi connectivity index (χ3n) is 2.06. The number of carbonyl (C=O) groups excluding carboxylic acids is 1. The first-order valence-corrected chi connectivity index (χ1v) is 5.00. The fourth-order valence-electron chi connectivity index (χ4n) is 1.30. The van der Waals surface area contributed by atoms with Crippen LogP contribution in [-0.2, 0) is 11.2 Å². The van der Waals surface area contributed by atoms with E-state index in [0.717, 1.165) is 17.4 Å². The summed E-state index contributed by atoms with van der Waals surface area (Å²) in [6.45, 7) is 1.82. The van der Waals surface area contributed by atoms with Gasteiger partial charge < -0.3 is 15.0 Å². The lowest BCUT2D eigenvalue weighted by Crippen LogP contribution is -1.93. The lowest BCUT2D eigenvalue weighted by Gasteiger charge is -2.10. The molecule has 0 unspecified atom stereocenters. The van der Waals surface area contributed by atoms with Gasteiger partial charge in [0.1, 0.15) is 6.29 Å². The summed E-state index contributed by atoms with van der Waals surface area (Å²) in [6, 6.07) is 1.49. The van der Waals surface area contributed by atoms with E-state index in [1.165, 1.54) is 6.07 Å². The topological polar surface area (TPSA) is 57.5 Å². The minimum atomic E-state index is -0.170. The molecule has 0 bridgehead atoms. The second-order valence-corrected chi connectivity index (χ2v) is 3.85. The third-order valence-corrected chi connectivity index (χ3v) is 2.91. The first-order valence-electron chi connectivity index (χ1n) is 4.21. The minimum Gasteiger partial charge on any atom is -0.504 e. The van der Waals surface area contributed by atoms with Gasteiger partial charge in [-0.1, -0.05) is 0 Å². The maximum Gasteiger partial charge on any atom is 0.172 e. The Balaban J connectivity index is 3.15. The van der Waals surface area contributed by atoms with E-state index in [0.29, 0.717) is 17.3 Å². The largest absolute Gasteiger partial charge is 0.504 e. The number of rotatable bonds is 3. The normalized spacial score (nSPS) is 10.1. The fraction of sp³-hybridized carbons (Fsp3) is 0.300. The molecule has 0 heterocycles. The van der Waals surface area contributed by atoms with E-state index in [-0.39, 0.29) is 11.5 Å². The molecule has 0 atom stereocenters. The van der Waals surface area contributed by atoms with Crippen LogP contribution in [0.15, 0.2) is 10.5 Å². The Morgan fingerprint density at radius 2 is 2.14 bits per heavy atom. The predicted molar refractivity (Wildman–Crippen MR) is 56.6 cm³/mol. The van der Waals surface area contributed by atoms with Crippen molar-refractivity contribution in [1.29, 1.82) is 0 Å². The molecule has 0 amide bonds. The zero-order valence-electron chi connectivity index (χ0n) is 7.75. The number of benzene rings is 1. The third kappa shape index (κ3) is 2.07. The summed E-state index contributed by atoms with van der Waals surface area (Å²) < 4.78 is 0.469. The molecule has 0 aliphatic carbocycles. The van der Waals surface area contributed by atoms with E-state index in [4.69, 9.17) is 0 Å². The van der Waals surface area contributed by atoms with Gasteiger partial charge in [0.25, 0.3) is 0 Å². The Kier molecular flexibility index (Phi) is 3.52. The first-order chi connectivity index (χ1) is 6.57. The summed E-state index contributed by atoms with van der Waals surface area (Å²) in [5, 5.41) is 18.7. The van der Waals surface area contributed by atoms with E-state index in [1.54, 1.807) is 0 Å². The molecular formula is C10H11BrO3. The van der Waals surface area contributed by atoms with Crippen molar-refractivity contribution in [3.63, 3.8) is 0 Å². The SMILES string of the molecule is Cc1cc(O)c(O)c(Br)c1CCC=O. The summed E-state index contributed by atoms with van der Waals surface area (Å²) in [5.74, 6) is -0.319. The highest BCUT2D eigenvalue weighted by Gasteiger charge is 2.12. The van der Waals surface area contributed by atoms with Crippen molar-refractivity contribution >= 4 is 22.2 Å². The van der Waals surface area contributed by atoms with Crippen LogP contribution in [0.4, 0.5) is 0 Å². The molecule has 14 heavy (non-hydrogen) atoms. The van der Waals surface area contributed by atoms with Crippen LogP contribution >= 0.6 is 15.9 Å². The highest BCUT2D eigenvalue weighted by Crippen LogP contribution is 2.38. The minimum absolute atomic E-state index is 0.149. The van der Waals surface area contributed by atoms with Crippen LogP contribution in [0.25, 0.3) is 0 Å². The standard InChI is InChI=1S/C10H11BrO3/c1-6-5-8(13)10(14)9(11)7(6)3-2-4-12/h4-5,13-14H,2-3H2,1H3. The Bertz CT molecular complexity index is 361. The van der Waals surface area contributed by atoms with Crippen LogP contribution in [-0.4, -0.2) is 16.5 Å². The second-order valence-electron chi connectivity index (χ2n) is 3.06.